The largest absolute Gasteiger partial charge is 0.449 e. The molecule has 3 heterocycles. The van der Waals surface area contributed by atoms with Crippen molar-refractivity contribution in [3.8, 4) is 23.4 Å². The first-order valence-electron chi connectivity index (χ1n) is 9.42. The van der Waals surface area contributed by atoms with Crippen LogP contribution in [0.2, 0.25) is 0 Å². The third-order valence-corrected chi connectivity index (χ3v) is 4.78. The summed E-state index contributed by atoms with van der Waals surface area (Å²) < 4.78 is 11.6. The smallest absolute Gasteiger partial charge is 0.408 e. The molecule has 0 bridgehead atoms. The maximum absolute atomic E-state index is 12.3. The van der Waals surface area contributed by atoms with Crippen LogP contribution in [-0.4, -0.2) is 49.9 Å². The molecule has 32 heavy (non-hydrogen) atoms. The number of ether oxygens (including phenoxy) is 2. The number of esters is 1. The molecular weight excluding hydrogens is 434 g/mol. The Kier molecular flexibility index (Phi) is 6.66. The topological polar surface area (TPSA) is 155 Å². The number of fused-ring (bicyclic) bond motifs is 1. The quantitative estimate of drug-likeness (QED) is 0.553. The first kappa shape index (κ1) is 22.7. The summed E-state index contributed by atoms with van der Waals surface area (Å²) >= 11 is 1.28. The highest BCUT2D eigenvalue weighted by Crippen LogP contribution is 2.23. The Morgan fingerprint density at radius 3 is 2.81 bits per heavy atom. The molecule has 1 atom stereocenters. The van der Waals surface area contributed by atoms with Crippen LogP contribution in [0.1, 0.15) is 31.5 Å². The summed E-state index contributed by atoms with van der Waals surface area (Å²) in [5, 5.41) is 26.5. The summed E-state index contributed by atoms with van der Waals surface area (Å²) in [5.74, 6) is -0.766. The third-order valence-electron chi connectivity index (χ3n) is 3.91. The van der Waals surface area contributed by atoms with Gasteiger partial charge in [-0.1, -0.05) is 0 Å². The van der Waals surface area contributed by atoms with Gasteiger partial charge in [0.1, 0.15) is 23.8 Å². The van der Waals surface area contributed by atoms with E-state index in [0.29, 0.717) is 21.9 Å². The highest BCUT2D eigenvalue weighted by atomic mass is 32.1. The molecule has 0 saturated heterocycles. The second kappa shape index (κ2) is 9.41. The highest BCUT2D eigenvalue weighted by Gasteiger charge is 2.27. The van der Waals surface area contributed by atoms with Gasteiger partial charge in [-0.05, 0) is 20.8 Å². The molecule has 3 rings (SSSR count). The predicted octanol–water partition coefficient (Wildman–Crippen LogP) is 2.23. The van der Waals surface area contributed by atoms with Gasteiger partial charge in [-0.2, -0.15) is 15.6 Å². The van der Waals surface area contributed by atoms with Crippen LogP contribution >= 0.6 is 11.3 Å². The van der Waals surface area contributed by atoms with Crippen LogP contribution in [-0.2, 0) is 20.7 Å². The van der Waals surface area contributed by atoms with E-state index < -0.39 is 30.3 Å². The molecule has 0 aromatic carbocycles. The maximum atomic E-state index is 12.3. The van der Waals surface area contributed by atoms with E-state index in [1.165, 1.54) is 15.9 Å². The van der Waals surface area contributed by atoms with Crippen molar-refractivity contribution < 1.29 is 19.1 Å². The van der Waals surface area contributed by atoms with Crippen molar-refractivity contribution in [1.82, 2.24) is 24.9 Å². The number of amides is 1. The summed E-state index contributed by atoms with van der Waals surface area (Å²) in [7, 11) is 0. The van der Waals surface area contributed by atoms with Crippen LogP contribution in [0, 0.1) is 22.7 Å². The molecular formula is C20H19N7O4S. The normalized spacial score (nSPS) is 11.9. The van der Waals surface area contributed by atoms with Crippen molar-refractivity contribution in [1.29, 1.82) is 10.5 Å². The molecule has 3 aromatic heterocycles. The van der Waals surface area contributed by atoms with Crippen LogP contribution in [0.3, 0.4) is 0 Å². The van der Waals surface area contributed by atoms with E-state index in [9.17, 15) is 9.59 Å². The van der Waals surface area contributed by atoms with E-state index in [2.05, 4.69) is 20.4 Å². The van der Waals surface area contributed by atoms with E-state index in [-0.39, 0.29) is 12.1 Å². The lowest BCUT2D eigenvalue weighted by molar-refractivity contribution is -0.144. The number of alkyl carbamates (subject to hydrolysis) is 1. The Hall–Kier alpha value is -4.03. The van der Waals surface area contributed by atoms with Crippen molar-refractivity contribution in [2.24, 2.45) is 0 Å². The van der Waals surface area contributed by atoms with Gasteiger partial charge in [0.05, 0.1) is 10.7 Å². The number of hydrogen-bond donors (Lipinski definition) is 1. The Bertz CT molecular complexity index is 1230. The van der Waals surface area contributed by atoms with Crippen LogP contribution in [0.25, 0.3) is 16.9 Å². The molecule has 0 aliphatic heterocycles. The molecule has 0 fully saturated rings. The zero-order chi connectivity index (χ0) is 23.3. The molecule has 0 unspecified atom stereocenters. The lowest BCUT2D eigenvalue weighted by atomic mass is 10.2. The Labute approximate surface area is 187 Å². The number of nitrogens with zero attached hydrogens (tertiary/aromatic N) is 6. The maximum Gasteiger partial charge on any atom is 0.408 e. The van der Waals surface area contributed by atoms with E-state index in [1.807, 2.05) is 6.07 Å². The molecule has 0 aliphatic rings. The zero-order valence-corrected chi connectivity index (χ0v) is 18.3. The molecule has 164 valence electrons. The summed E-state index contributed by atoms with van der Waals surface area (Å²) in [4.78, 5) is 33.3. The number of carbonyl (C=O) groups is 2. The number of nitriles is 2. The molecule has 1 amide bonds. The number of rotatable bonds is 6. The van der Waals surface area contributed by atoms with Crippen molar-refractivity contribution in [2.75, 3.05) is 6.61 Å². The number of hydrogen-bond acceptors (Lipinski definition) is 10. The predicted molar refractivity (Wildman–Crippen MR) is 112 cm³/mol. The molecule has 0 spiro atoms. The zero-order valence-electron chi connectivity index (χ0n) is 17.5. The summed E-state index contributed by atoms with van der Waals surface area (Å²) in [5.41, 5.74) is 1.29. The lowest BCUT2D eigenvalue weighted by Crippen LogP contribution is -2.45. The molecule has 12 heteroatoms. The third kappa shape index (κ3) is 5.77. The SMILES string of the molecule is CC(C)(C)OC(=O)N[C@@H](Cc1nc(-c2cnc3cc(C#N)nn3c2)cs1)C(=O)OCC#N. The van der Waals surface area contributed by atoms with Gasteiger partial charge in [0.15, 0.2) is 17.9 Å². The molecule has 0 saturated carbocycles. The second-order valence-electron chi connectivity index (χ2n) is 7.58. The Balaban J connectivity index is 1.78. The highest BCUT2D eigenvalue weighted by molar-refractivity contribution is 7.10. The van der Waals surface area contributed by atoms with Gasteiger partial charge in [-0.25, -0.2) is 24.1 Å². The van der Waals surface area contributed by atoms with E-state index in [1.54, 1.807) is 50.7 Å². The van der Waals surface area contributed by atoms with Gasteiger partial charge in [0.25, 0.3) is 0 Å². The van der Waals surface area contributed by atoms with Crippen LogP contribution in [0.5, 0.6) is 0 Å². The van der Waals surface area contributed by atoms with E-state index in [4.69, 9.17) is 20.0 Å². The van der Waals surface area contributed by atoms with Gasteiger partial charge in [-0.15, -0.1) is 11.3 Å². The number of aromatic nitrogens is 4. The Morgan fingerprint density at radius 2 is 2.12 bits per heavy atom. The minimum Gasteiger partial charge on any atom is -0.449 e. The summed E-state index contributed by atoms with van der Waals surface area (Å²) in [6.07, 6.45) is 2.56. The fourth-order valence-corrected chi connectivity index (χ4v) is 3.47. The number of carbonyl (C=O) groups excluding carboxylic acids is 2. The lowest BCUT2D eigenvalue weighted by Gasteiger charge is -2.22. The van der Waals surface area contributed by atoms with Crippen molar-refractivity contribution in [2.45, 2.75) is 38.8 Å². The minimum atomic E-state index is -1.08. The molecule has 0 radical (unpaired) electrons. The first-order chi connectivity index (χ1) is 15.2. The first-order valence-corrected chi connectivity index (χ1v) is 10.3. The van der Waals surface area contributed by atoms with Gasteiger partial charge in [-0.3, -0.25) is 0 Å². The van der Waals surface area contributed by atoms with Gasteiger partial charge in [0.2, 0.25) is 0 Å². The van der Waals surface area contributed by atoms with Crippen LogP contribution in [0.15, 0.2) is 23.8 Å². The average Bonchev–Trinajstić information content (AvgIpc) is 3.36. The van der Waals surface area contributed by atoms with E-state index in [0.717, 1.165) is 0 Å². The van der Waals surface area contributed by atoms with Gasteiger partial charge in [0, 0.05) is 35.8 Å². The van der Waals surface area contributed by atoms with E-state index >= 15 is 0 Å². The van der Waals surface area contributed by atoms with Crippen molar-refractivity contribution in [3.63, 3.8) is 0 Å². The molecule has 11 nitrogen and oxygen atoms in total. The standard InChI is InChI=1S/C20H19N7O4S/c1-20(2,3)31-19(29)25-14(18(28)30-5-4-21)7-17-24-15(11-32-17)12-9-23-16-6-13(8-22)26-27(16)10-12/h6,9-11,14H,5,7H2,1-3H3,(H,25,29)/t14-/m0/s1. The Morgan fingerprint density at radius 1 is 1.34 bits per heavy atom. The minimum absolute atomic E-state index is 0.0458. The second-order valence-corrected chi connectivity index (χ2v) is 8.52. The number of thiazole rings is 1. The van der Waals surface area contributed by atoms with Crippen molar-refractivity contribution in [3.05, 3.63) is 34.5 Å². The van der Waals surface area contributed by atoms with Gasteiger partial charge < -0.3 is 14.8 Å². The molecule has 3 aromatic rings. The summed E-state index contributed by atoms with van der Waals surface area (Å²) in [6.45, 7) is 4.67. The summed E-state index contributed by atoms with van der Waals surface area (Å²) in [6, 6.07) is 4.17. The monoisotopic (exact) mass is 453 g/mol. The average molecular weight is 453 g/mol. The fraction of sp³-hybridized carbons (Fsp3) is 0.350. The van der Waals surface area contributed by atoms with Crippen molar-refractivity contribution >= 4 is 29.0 Å². The molecule has 0 aliphatic carbocycles. The fourth-order valence-electron chi connectivity index (χ4n) is 2.62. The number of nitrogens with one attached hydrogen (secondary N) is 1. The van der Waals surface area contributed by atoms with Crippen LogP contribution < -0.4 is 5.32 Å². The molecule has 1 N–H and O–H groups in total. The van der Waals surface area contributed by atoms with Crippen LogP contribution in [0.4, 0.5) is 4.79 Å². The van der Waals surface area contributed by atoms with Gasteiger partial charge >= 0.3 is 12.1 Å².